The maximum atomic E-state index is 13.2. The zero-order chi connectivity index (χ0) is 20.2. The molecule has 0 spiro atoms. The number of carbonyl (C=O) groups is 1. The number of hydrogen-bond acceptors (Lipinski definition) is 3. The lowest BCUT2D eigenvalue weighted by molar-refractivity contribution is 0.102. The van der Waals surface area contributed by atoms with Crippen molar-refractivity contribution >= 4 is 23.1 Å². The summed E-state index contributed by atoms with van der Waals surface area (Å²) in [5.74, 6) is 1.48. The number of allylic oxidation sites excluding steroid dienone is 1. The average Bonchev–Trinajstić information content (AvgIpc) is 2.75. The highest BCUT2D eigenvalue weighted by Crippen LogP contribution is 2.31. The van der Waals surface area contributed by atoms with Crippen LogP contribution in [0, 0.1) is 0 Å². The molecule has 5 heteroatoms. The lowest BCUT2D eigenvalue weighted by Gasteiger charge is -2.30. The summed E-state index contributed by atoms with van der Waals surface area (Å²) in [7, 11) is 0. The number of ether oxygens (including phenoxy) is 1. The third-order valence-corrected chi connectivity index (χ3v) is 4.96. The Hall–Kier alpha value is -3.44. The van der Waals surface area contributed by atoms with Gasteiger partial charge >= 0.3 is 0 Å². The van der Waals surface area contributed by atoms with Crippen LogP contribution in [0.3, 0.4) is 0 Å². The van der Waals surface area contributed by atoms with Gasteiger partial charge in [0.05, 0.1) is 6.04 Å². The van der Waals surface area contributed by atoms with Gasteiger partial charge in [-0.25, -0.2) is 0 Å². The number of nitrogens with one attached hydrogen (secondary N) is 2. The summed E-state index contributed by atoms with van der Waals surface area (Å²) in [4.78, 5) is 13.2. The van der Waals surface area contributed by atoms with Crippen LogP contribution in [-0.4, -0.2) is 10.9 Å². The SMILES string of the molecule is CC1=C(C(=O)c2ccccc2)[C@@H](c2ccc(Oc3ccccc3)cc2)NC(=S)N1. The monoisotopic (exact) mass is 400 g/mol. The summed E-state index contributed by atoms with van der Waals surface area (Å²) < 4.78 is 5.87. The highest BCUT2D eigenvalue weighted by molar-refractivity contribution is 7.80. The molecule has 0 saturated heterocycles. The zero-order valence-electron chi connectivity index (χ0n) is 15.9. The topological polar surface area (TPSA) is 50.4 Å². The van der Waals surface area contributed by atoms with Crippen LogP contribution in [0.5, 0.6) is 11.5 Å². The molecule has 1 aliphatic rings. The molecule has 2 N–H and O–H groups in total. The molecule has 0 bridgehead atoms. The van der Waals surface area contributed by atoms with Gasteiger partial charge in [-0.05, 0) is 49.0 Å². The molecule has 0 unspecified atom stereocenters. The molecular formula is C24H20N2O2S. The second-order valence-electron chi connectivity index (χ2n) is 6.75. The Morgan fingerprint density at radius 2 is 1.45 bits per heavy atom. The molecule has 3 aromatic carbocycles. The molecule has 0 saturated carbocycles. The van der Waals surface area contributed by atoms with Gasteiger partial charge in [0.1, 0.15) is 11.5 Å². The molecule has 4 rings (SSSR count). The summed E-state index contributed by atoms with van der Waals surface area (Å²) in [6, 6.07) is 26.3. The second-order valence-corrected chi connectivity index (χ2v) is 7.16. The van der Waals surface area contributed by atoms with E-state index in [1.807, 2.05) is 91.9 Å². The van der Waals surface area contributed by atoms with E-state index < -0.39 is 0 Å². The maximum Gasteiger partial charge on any atom is 0.193 e. The number of ketones is 1. The van der Waals surface area contributed by atoms with Crippen molar-refractivity contribution in [2.75, 3.05) is 0 Å². The lowest BCUT2D eigenvalue weighted by atomic mass is 9.90. The van der Waals surface area contributed by atoms with Crippen molar-refractivity contribution in [1.82, 2.24) is 10.6 Å². The van der Waals surface area contributed by atoms with Crippen LogP contribution in [0.15, 0.2) is 96.2 Å². The van der Waals surface area contributed by atoms with Crippen LogP contribution >= 0.6 is 12.2 Å². The molecular weight excluding hydrogens is 380 g/mol. The number of hydrogen-bond donors (Lipinski definition) is 2. The normalized spacial score (nSPS) is 16.0. The smallest absolute Gasteiger partial charge is 0.193 e. The van der Waals surface area contributed by atoms with Crippen molar-refractivity contribution in [2.45, 2.75) is 13.0 Å². The van der Waals surface area contributed by atoms with Crippen LogP contribution < -0.4 is 15.4 Å². The summed E-state index contributed by atoms with van der Waals surface area (Å²) in [5.41, 5.74) is 3.00. The van der Waals surface area contributed by atoms with Crippen molar-refractivity contribution in [3.63, 3.8) is 0 Å². The van der Waals surface area contributed by atoms with E-state index >= 15 is 0 Å². The standard InChI is InChI=1S/C24H20N2O2S/c1-16-21(23(27)18-8-4-2-5-9-18)22(26-24(29)25-16)17-12-14-20(15-13-17)28-19-10-6-3-7-11-19/h2-15,22H,1H3,(H2,25,26,29)/t22-/m1/s1. The van der Waals surface area contributed by atoms with Gasteiger partial charge in [0.2, 0.25) is 0 Å². The highest BCUT2D eigenvalue weighted by Gasteiger charge is 2.30. The van der Waals surface area contributed by atoms with Crippen molar-refractivity contribution in [3.05, 3.63) is 107 Å². The second kappa shape index (κ2) is 8.29. The molecule has 0 amide bonds. The van der Waals surface area contributed by atoms with Gasteiger partial charge < -0.3 is 15.4 Å². The lowest BCUT2D eigenvalue weighted by Crippen LogP contribution is -2.44. The van der Waals surface area contributed by atoms with Gasteiger partial charge in [-0.1, -0.05) is 60.7 Å². The molecule has 0 fully saturated rings. The van der Waals surface area contributed by atoms with E-state index in [0.29, 0.717) is 16.2 Å². The van der Waals surface area contributed by atoms with Crippen molar-refractivity contribution in [2.24, 2.45) is 0 Å². The molecule has 1 atom stereocenters. The van der Waals surface area contributed by atoms with Crippen LogP contribution in [0.25, 0.3) is 0 Å². The quantitative estimate of drug-likeness (QED) is 0.458. The average molecular weight is 401 g/mol. The van der Waals surface area contributed by atoms with Gasteiger partial charge in [-0.3, -0.25) is 4.79 Å². The summed E-state index contributed by atoms with van der Waals surface area (Å²) in [5, 5.41) is 6.81. The fourth-order valence-electron chi connectivity index (χ4n) is 3.34. The molecule has 1 heterocycles. The van der Waals surface area contributed by atoms with E-state index in [9.17, 15) is 4.79 Å². The zero-order valence-corrected chi connectivity index (χ0v) is 16.7. The Morgan fingerprint density at radius 1 is 0.862 bits per heavy atom. The van der Waals surface area contributed by atoms with Crippen LogP contribution in [-0.2, 0) is 0 Å². The molecule has 0 aliphatic carbocycles. The van der Waals surface area contributed by atoms with Gasteiger partial charge in [-0.15, -0.1) is 0 Å². The predicted octanol–water partition coefficient (Wildman–Crippen LogP) is 5.15. The Morgan fingerprint density at radius 3 is 2.10 bits per heavy atom. The van der Waals surface area contributed by atoms with E-state index in [4.69, 9.17) is 17.0 Å². The molecule has 0 radical (unpaired) electrons. The number of benzene rings is 3. The number of carbonyl (C=O) groups excluding carboxylic acids is 1. The molecule has 0 aromatic heterocycles. The fraction of sp³-hybridized carbons (Fsp3) is 0.0833. The number of rotatable bonds is 5. The number of thiocarbonyl (C=S) groups is 1. The molecule has 3 aromatic rings. The third kappa shape index (κ3) is 4.20. The Labute approximate surface area is 175 Å². The van der Waals surface area contributed by atoms with E-state index in [0.717, 1.165) is 22.8 Å². The van der Waals surface area contributed by atoms with Gasteiger partial charge in [-0.2, -0.15) is 0 Å². The minimum Gasteiger partial charge on any atom is -0.457 e. The van der Waals surface area contributed by atoms with Crippen molar-refractivity contribution < 1.29 is 9.53 Å². The van der Waals surface area contributed by atoms with Crippen LogP contribution in [0.2, 0.25) is 0 Å². The highest BCUT2D eigenvalue weighted by atomic mass is 32.1. The van der Waals surface area contributed by atoms with Gasteiger partial charge in [0.15, 0.2) is 10.9 Å². The largest absolute Gasteiger partial charge is 0.457 e. The minimum absolute atomic E-state index is 0.0276. The maximum absolute atomic E-state index is 13.2. The first-order valence-electron chi connectivity index (χ1n) is 9.33. The molecule has 1 aliphatic heterocycles. The number of Topliss-reactive ketones (excluding diaryl/α,β-unsaturated/α-hetero) is 1. The first-order valence-corrected chi connectivity index (χ1v) is 9.73. The van der Waals surface area contributed by atoms with E-state index in [1.165, 1.54) is 0 Å². The van der Waals surface area contributed by atoms with E-state index in [-0.39, 0.29) is 11.8 Å². The van der Waals surface area contributed by atoms with Crippen molar-refractivity contribution in [3.8, 4) is 11.5 Å². The fourth-order valence-corrected chi connectivity index (χ4v) is 3.61. The minimum atomic E-state index is -0.331. The first-order chi connectivity index (χ1) is 14.1. The molecule has 29 heavy (non-hydrogen) atoms. The summed E-state index contributed by atoms with van der Waals surface area (Å²) >= 11 is 5.34. The van der Waals surface area contributed by atoms with Gasteiger partial charge in [0, 0.05) is 16.8 Å². The van der Waals surface area contributed by atoms with Gasteiger partial charge in [0.25, 0.3) is 0 Å². The summed E-state index contributed by atoms with van der Waals surface area (Å²) in [6.07, 6.45) is 0. The van der Waals surface area contributed by atoms with Crippen molar-refractivity contribution in [1.29, 1.82) is 0 Å². The third-order valence-electron chi connectivity index (χ3n) is 4.74. The number of para-hydroxylation sites is 1. The van der Waals surface area contributed by atoms with Crippen LogP contribution in [0.4, 0.5) is 0 Å². The molecule has 144 valence electrons. The predicted molar refractivity (Wildman–Crippen MR) is 118 cm³/mol. The first kappa shape index (κ1) is 18.9. The van der Waals surface area contributed by atoms with Crippen LogP contribution in [0.1, 0.15) is 28.9 Å². The Bertz CT molecular complexity index is 1060. The Kier molecular flexibility index (Phi) is 5.40. The summed E-state index contributed by atoms with van der Waals surface area (Å²) in [6.45, 7) is 1.88. The molecule has 4 nitrogen and oxygen atoms in total. The Balaban J connectivity index is 1.63. The van der Waals surface area contributed by atoms with E-state index in [1.54, 1.807) is 0 Å². The van der Waals surface area contributed by atoms with E-state index in [2.05, 4.69) is 10.6 Å².